The number of hydrogen-bond acceptors (Lipinski definition) is 2. The molecular formula is C18H15F5O3. The fourth-order valence-electron chi connectivity index (χ4n) is 2.53. The molecule has 26 heavy (non-hydrogen) atoms. The fourth-order valence-corrected chi connectivity index (χ4v) is 2.53. The minimum atomic E-state index is -4.74. The monoisotopic (exact) mass is 374 g/mol. The Morgan fingerprint density at radius 1 is 1.15 bits per heavy atom. The summed E-state index contributed by atoms with van der Waals surface area (Å²) >= 11 is 0. The lowest BCUT2D eigenvalue weighted by Gasteiger charge is -2.19. The van der Waals surface area contributed by atoms with Crippen LogP contribution in [0.2, 0.25) is 0 Å². The molecule has 0 saturated heterocycles. The maximum Gasteiger partial charge on any atom is 0.390 e. The lowest BCUT2D eigenvalue weighted by atomic mass is 9.91. The van der Waals surface area contributed by atoms with E-state index in [4.69, 9.17) is 9.84 Å². The van der Waals surface area contributed by atoms with Crippen LogP contribution in [-0.4, -0.2) is 23.9 Å². The van der Waals surface area contributed by atoms with Crippen LogP contribution in [0.15, 0.2) is 36.4 Å². The van der Waals surface area contributed by atoms with Gasteiger partial charge in [0.25, 0.3) is 0 Å². The molecule has 0 heterocycles. The van der Waals surface area contributed by atoms with Crippen LogP contribution in [0, 0.1) is 11.6 Å². The van der Waals surface area contributed by atoms with Crippen molar-refractivity contribution in [2.45, 2.75) is 25.4 Å². The van der Waals surface area contributed by atoms with E-state index in [1.807, 2.05) is 0 Å². The molecule has 0 amide bonds. The minimum Gasteiger partial charge on any atom is -0.490 e. The highest BCUT2D eigenvalue weighted by Gasteiger charge is 2.37. The van der Waals surface area contributed by atoms with E-state index in [1.54, 1.807) is 6.92 Å². The summed E-state index contributed by atoms with van der Waals surface area (Å²) in [6.07, 6.45) is -6.38. The van der Waals surface area contributed by atoms with E-state index in [9.17, 15) is 26.7 Å². The number of hydrogen-bond donors (Lipinski definition) is 1. The van der Waals surface area contributed by atoms with Crippen molar-refractivity contribution in [2.75, 3.05) is 6.61 Å². The predicted molar refractivity (Wildman–Crippen MR) is 84.0 cm³/mol. The molecule has 0 aromatic heterocycles. The Hall–Kier alpha value is -2.64. The molecule has 1 N–H and O–H groups in total. The van der Waals surface area contributed by atoms with Gasteiger partial charge in [-0.05, 0) is 42.3 Å². The summed E-state index contributed by atoms with van der Waals surface area (Å²) in [5, 5.41) is 9.15. The first kappa shape index (κ1) is 19.7. The van der Waals surface area contributed by atoms with Crippen LogP contribution in [0.3, 0.4) is 0 Å². The van der Waals surface area contributed by atoms with Crippen molar-refractivity contribution in [3.8, 4) is 16.9 Å². The number of carboxylic acid groups (broad SMARTS) is 1. The van der Waals surface area contributed by atoms with Gasteiger partial charge in [0, 0.05) is 5.56 Å². The molecule has 2 aromatic rings. The average Bonchev–Trinajstić information content (AvgIpc) is 2.54. The second-order valence-corrected chi connectivity index (χ2v) is 5.53. The number of alkyl halides is 3. The summed E-state index contributed by atoms with van der Waals surface area (Å²) < 4.78 is 70.9. The number of carboxylic acids is 1. The Morgan fingerprint density at radius 2 is 1.77 bits per heavy atom. The van der Waals surface area contributed by atoms with Crippen LogP contribution < -0.4 is 4.74 Å². The Bertz CT molecular complexity index is 785. The predicted octanol–water partition coefficient (Wildman–Crippen LogP) is 5.15. The number of carbonyl (C=O) groups is 1. The van der Waals surface area contributed by atoms with Gasteiger partial charge in [0.1, 0.15) is 5.82 Å². The van der Waals surface area contributed by atoms with Crippen LogP contribution in [0.4, 0.5) is 22.0 Å². The second-order valence-electron chi connectivity index (χ2n) is 5.53. The molecule has 1 unspecified atom stereocenters. The van der Waals surface area contributed by atoms with Gasteiger partial charge in [0.15, 0.2) is 11.6 Å². The molecule has 0 aliphatic heterocycles. The van der Waals surface area contributed by atoms with E-state index in [0.29, 0.717) is 0 Å². The SMILES string of the molecule is CCOc1c(F)cc(C(CC(F)(F)F)C(=O)O)cc1-c1ccc(F)cc1. The van der Waals surface area contributed by atoms with Gasteiger partial charge in [-0.1, -0.05) is 12.1 Å². The average molecular weight is 374 g/mol. The lowest BCUT2D eigenvalue weighted by Crippen LogP contribution is -2.21. The molecule has 8 heteroatoms. The van der Waals surface area contributed by atoms with Crippen molar-refractivity contribution in [1.82, 2.24) is 0 Å². The third-order valence-corrected chi connectivity index (χ3v) is 3.65. The summed E-state index contributed by atoms with van der Waals surface area (Å²) in [5.74, 6) is -5.48. The smallest absolute Gasteiger partial charge is 0.390 e. The standard InChI is InChI=1S/C18H15F5O3/c1-2-26-16-13(10-3-5-12(19)6-4-10)7-11(8-15(16)20)14(17(24)25)9-18(21,22)23/h3-8,14H,2,9H2,1H3,(H,24,25). The molecule has 2 rings (SSSR count). The van der Waals surface area contributed by atoms with E-state index in [1.165, 1.54) is 12.1 Å². The van der Waals surface area contributed by atoms with Gasteiger partial charge in [-0.15, -0.1) is 0 Å². The third kappa shape index (κ3) is 4.71. The number of benzene rings is 2. The highest BCUT2D eigenvalue weighted by atomic mass is 19.4. The first-order valence-corrected chi connectivity index (χ1v) is 7.64. The van der Waals surface area contributed by atoms with E-state index in [0.717, 1.165) is 24.3 Å². The lowest BCUT2D eigenvalue weighted by molar-refractivity contribution is -0.157. The Labute approximate surface area is 146 Å². The Kier molecular flexibility index (Phi) is 5.84. The largest absolute Gasteiger partial charge is 0.490 e. The van der Waals surface area contributed by atoms with Gasteiger partial charge in [-0.3, -0.25) is 4.79 Å². The number of halogens is 5. The molecule has 0 bridgehead atoms. The normalized spacial score (nSPS) is 12.7. The van der Waals surface area contributed by atoms with E-state index < -0.39 is 36.1 Å². The van der Waals surface area contributed by atoms with Crippen molar-refractivity contribution < 1.29 is 36.6 Å². The second kappa shape index (κ2) is 7.72. The fraction of sp³-hybridized carbons (Fsp3) is 0.278. The van der Waals surface area contributed by atoms with Gasteiger partial charge < -0.3 is 9.84 Å². The molecule has 0 fully saturated rings. The van der Waals surface area contributed by atoms with Crippen molar-refractivity contribution in [3.63, 3.8) is 0 Å². The highest BCUT2D eigenvalue weighted by Crippen LogP contribution is 2.39. The summed E-state index contributed by atoms with van der Waals surface area (Å²) in [4.78, 5) is 11.3. The molecule has 0 spiro atoms. The zero-order valence-electron chi connectivity index (χ0n) is 13.6. The van der Waals surface area contributed by atoms with Gasteiger partial charge in [0.05, 0.1) is 18.9 Å². The van der Waals surface area contributed by atoms with E-state index >= 15 is 0 Å². The number of rotatable bonds is 6. The summed E-state index contributed by atoms with van der Waals surface area (Å²) in [6, 6.07) is 6.65. The quantitative estimate of drug-likeness (QED) is 0.712. The van der Waals surface area contributed by atoms with E-state index in [-0.39, 0.29) is 29.0 Å². The zero-order chi connectivity index (χ0) is 19.5. The van der Waals surface area contributed by atoms with E-state index in [2.05, 4.69) is 0 Å². The highest BCUT2D eigenvalue weighted by molar-refractivity contribution is 5.79. The number of aliphatic carboxylic acids is 1. The molecule has 3 nitrogen and oxygen atoms in total. The Balaban J connectivity index is 2.61. The summed E-state index contributed by atoms with van der Waals surface area (Å²) in [5.41, 5.74) is -0.0166. The van der Waals surface area contributed by atoms with Crippen LogP contribution in [-0.2, 0) is 4.79 Å². The molecule has 2 aromatic carbocycles. The number of ether oxygens (including phenoxy) is 1. The molecule has 1 atom stereocenters. The first-order valence-electron chi connectivity index (χ1n) is 7.64. The van der Waals surface area contributed by atoms with Gasteiger partial charge in [-0.25, -0.2) is 8.78 Å². The topological polar surface area (TPSA) is 46.5 Å². The van der Waals surface area contributed by atoms with Crippen LogP contribution >= 0.6 is 0 Å². The molecule has 140 valence electrons. The Morgan fingerprint density at radius 3 is 2.27 bits per heavy atom. The molecule has 0 aliphatic carbocycles. The molecule has 0 aliphatic rings. The molecular weight excluding hydrogens is 359 g/mol. The maximum absolute atomic E-state index is 14.4. The van der Waals surface area contributed by atoms with Gasteiger partial charge in [0.2, 0.25) is 0 Å². The van der Waals surface area contributed by atoms with Gasteiger partial charge >= 0.3 is 12.1 Å². The minimum absolute atomic E-state index is 0.0512. The third-order valence-electron chi connectivity index (χ3n) is 3.65. The first-order chi connectivity index (χ1) is 12.1. The van der Waals surface area contributed by atoms with Crippen molar-refractivity contribution in [2.24, 2.45) is 0 Å². The summed E-state index contributed by atoms with van der Waals surface area (Å²) in [6.45, 7) is 1.67. The maximum atomic E-state index is 14.4. The van der Waals surface area contributed by atoms with Crippen molar-refractivity contribution in [1.29, 1.82) is 0 Å². The van der Waals surface area contributed by atoms with Gasteiger partial charge in [-0.2, -0.15) is 13.2 Å². The molecule has 0 radical (unpaired) electrons. The van der Waals surface area contributed by atoms with Crippen LogP contribution in [0.1, 0.15) is 24.8 Å². The summed E-state index contributed by atoms with van der Waals surface area (Å²) in [7, 11) is 0. The van der Waals surface area contributed by atoms with Crippen LogP contribution in [0.5, 0.6) is 5.75 Å². The van der Waals surface area contributed by atoms with Crippen LogP contribution in [0.25, 0.3) is 11.1 Å². The van der Waals surface area contributed by atoms with Crippen molar-refractivity contribution >= 4 is 5.97 Å². The molecule has 0 saturated carbocycles. The van der Waals surface area contributed by atoms with Crippen molar-refractivity contribution in [3.05, 3.63) is 53.6 Å². The zero-order valence-corrected chi connectivity index (χ0v) is 13.6.